The van der Waals surface area contributed by atoms with Gasteiger partial charge in [-0.15, -0.1) is 0 Å². The monoisotopic (exact) mass is 266 g/mol. The van der Waals surface area contributed by atoms with E-state index in [-0.39, 0.29) is 6.04 Å². The van der Waals surface area contributed by atoms with Crippen molar-refractivity contribution in [1.29, 1.82) is 0 Å². The summed E-state index contributed by atoms with van der Waals surface area (Å²) in [6, 6.07) is 2.59. The van der Waals surface area contributed by atoms with Gasteiger partial charge in [-0.05, 0) is 18.1 Å². The van der Waals surface area contributed by atoms with Crippen LogP contribution in [0.15, 0.2) is 18.5 Å². The molecule has 2 unspecified atom stereocenters. The summed E-state index contributed by atoms with van der Waals surface area (Å²) < 4.78 is 0. The van der Waals surface area contributed by atoms with Crippen LogP contribution in [0.3, 0.4) is 0 Å². The molecule has 4 rings (SSSR count). The highest BCUT2D eigenvalue weighted by Crippen LogP contribution is 2.21. The van der Waals surface area contributed by atoms with Crippen LogP contribution in [0.1, 0.15) is 5.56 Å². The first-order valence-electron chi connectivity index (χ1n) is 6.54. The summed E-state index contributed by atoms with van der Waals surface area (Å²) in [6.45, 7) is 5.80. The van der Waals surface area contributed by atoms with Gasteiger partial charge < -0.3 is 5.73 Å². The van der Waals surface area contributed by atoms with Crippen LogP contribution >= 0.6 is 11.6 Å². The number of halogens is 1. The summed E-state index contributed by atoms with van der Waals surface area (Å²) in [5, 5.41) is 0.726. The molecule has 18 heavy (non-hydrogen) atoms. The molecule has 0 saturated carbocycles. The largest absolute Gasteiger partial charge is 0.326 e. The number of piperazine rings is 3. The van der Waals surface area contributed by atoms with Crippen molar-refractivity contribution in [2.45, 2.75) is 18.5 Å². The smallest absolute Gasteiger partial charge is 0.0621 e. The van der Waals surface area contributed by atoms with E-state index in [2.05, 4.69) is 14.8 Å². The van der Waals surface area contributed by atoms with Crippen molar-refractivity contribution in [2.75, 3.05) is 32.7 Å². The Morgan fingerprint density at radius 2 is 2.17 bits per heavy atom. The first-order chi connectivity index (χ1) is 8.74. The van der Waals surface area contributed by atoms with Crippen LogP contribution in [0.5, 0.6) is 0 Å². The van der Waals surface area contributed by atoms with Crippen LogP contribution in [0.25, 0.3) is 0 Å². The average Bonchev–Trinajstić information content (AvgIpc) is 2.42. The van der Waals surface area contributed by atoms with Crippen molar-refractivity contribution in [3.63, 3.8) is 0 Å². The molecule has 3 aliphatic rings. The molecule has 0 aromatic carbocycles. The highest BCUT2D eigenvalue weighted by molar-refractivity contribution is 6.31. The van der Waals surface area contributed by atoms with Crippen molar-refractivity contribution in [3.05, 3.63) is 29.0 Å². The zero-order valence-corrected chi connectivity index (χ0v) is 11.2. The molecule has 3 aliphatic heterocycles. The Morgan fingerprint density at radius 1 is 1.39 bits per heavy atom. The normalized spacial score (nSPS) is 32.4. The number of hydrogen-bond donors (Lipinski definition) is 1. The van der Waals surface area contributed by atoms with Crippen molar-refractivity contribution < 1.29 is 0 Å². The van der Waals surface area contributed by atoms with E-state index in [1.54, 1.807) is 12.4 Å². The molecule has 4 nitrogen and oxygen atoms in total. The Kier molecular flexibility index (Phi) is 3.52. The van der Waals surface area contributed by atoms with Crippen LogP contribution < -0.4 is 5.73 Å². The van der Waals surface area contributed by atoms with Gasteiger partial charge in [-0.25, -0.2) is 0 Å². The van der Waals surface area contributed by atoms with Crippen molar-refractivity contribution in [1.82, 2.24) is 14.8 Å². The van der Waals surface area contributed by atoms with Gasteiger partial charge in [-0.3, -0.25) is 14.8 Å². The van der Waals surface area contributed by atoms with Gasteiger partial charge in [0.15, 0.2) is 0 Å². The topological polar surface area (TPSA) is 45.4 Å². The molecular formula is C13H19ClN4. The minimum atomic E-state index is 0.146. The summed E-state index contributed by atoms with van der Waals surface area (Å²) in [4.78, 5) is 9.05. The third-order valence-corrected chi connectivity index (χ3v) is 4.47. The second-order valence-corrected chi connectivity index (χ2v) is 5.65. The van der Waals surface area contributed by atoms with E-state index in [9.17, 15) is 0 Å². The molecule has 2 atom stereocenters. The summed E-state index contributed by atoms with van der Waals surface area (Å²) in [7, 11) is 0. The van der Waals surface area contributed by atoms with E-state index in [1.807, 2.05) is 6.07 Å². The lowest BCUT2D eigenvalue weighted by Gasteiger charge is -2.49. The lowest BCUT2D eigenvalue weighted by Crippen LogP contribution is -2.66. The second kappa shape index (κ2) is 5.13. The third-order valence-electron chi connectivity index (χ3n) is 4.13. The molecule has 0 spiro atoms. The molecule has 4 heterocycles. The van der Waals surface area contributed by atoms with Gasteiger partial charge in [0, 0.05) is 57.2 Å². The van der Waals surface area contributed by atoms with Gasteiger partial charge in [0.1, 0.15) is 0 Å². The minimum absolute atomic E-state index is 0.146. The zero-order valence-electron chi connectivity index (χ0n) is 10.4. The lowest BCUT2D eigenvalue weighted by atomic mass is 9.95. The quantitative estimate of drug-likeness (QED) is 0.871. The SMILES string of the molecule is NC(Cc1ccncc1Cl)C1CN2CCN1CC2. The van der Waals surface area contributed by atoms with Gasteiger partial charge in [0.05, 0.1) is 5.02 Å². The molecule has 5 heteroatoms. The number of fused-ring (bicyclic) bond motifs is 3. The van der Waals surface area contributed by atoms with Crippen LogP contribution in [-0.2, 0) is 6.42 Å². The number of nitrogens with zero attached hydrogens (tertiary/aromatic N) is 3. The molecule has 3 fully saturated rings. The summed E-state index contributed by atoms with van der Waals surface area (Å²) >= 11 is 6.14. The van der Waals surface area contributed by atoms with Crippen LogP contribution in [0.2, 0.25) is 5.02 Å². The predicted molar refractivity (Wildman–Crippen MR) is 72.7 cm³/mol. The zero-order chi connectivity index (χ0) is 12.5. The average molecular weight is 267 g/mol. The molecule has 0 amide bonds. The van der Waals surface area contributed by atoms with Crippen LogP contribution in [0.4, 0.5) is 0 Å². The fourth-order valence-corrected chi connectivity index (χ4v) is 3.22. The Morgan fingerprint density at radius 3 is 2.78 bits per heavy atom. The van der Waals surface area contributed by atoms with Crippen LogP contribution in [-0.4, -0.2) is 59.6 Å². The Balaban J connectivity index is 1.68. The molecule has 98 valence electrons. The predicted octanol–water partition coefficient (Wildman–Crippen LogP) is 0.605. The number of rotatable bonds is 3. The summed E-state index contributed by atoms with van der Waals surface area (Å²) in [5.41, 5.74) is 7.50. The van der Waals surface area contributed by atoms with E-state index < -0.39 is 0 Å². The van der Waals surface area contributed by atoms with E-state index in [1.165, 1.54) is 13.1 Å². The van der Waals surface area contributed by atoms with Gasteiger partial charge in [0.2, 0.25) is 0 Å². The number of hydrogen-bond acceptors (Lipinski definition) is 4. The van der Waals surface area contributed by atoms with Crippen molar-refractivity contribution in [2.24, 2.45) is 5.73 Å². The van der Waals surface area contributed by atoms with Crippen molar-refractivity contribution in [3.8, 4) is 0 Å². The Labute approximate surface area is 113 Å². The molecule has 3 saturated heterocycles. The first-order valence-corrected chi connectivity index (χ1v) is 6.92. The van der Waals surface area contributed by atoms with Gasteiger partial charge in [-0.1, -0.05) is 11.6 Å². The molecule has 0 radical (unpaired) electrons. The molecule has 2 N–H and O–H groups in total. The number of aromatic nitrogens is 1. The Bertz CT molecular complexity index is 417. The van der Waals surface area contributed by atoms with Gasteiger partial charge in [0.25, 0.3) is 0 Å². The highest BCUT2D eigenvalue weighted by Gasteiger charge is 2.35. The maximum Gasteiger partial charge on any atom is 0.0621 e. The standard InChI is InChI=1S/C13H19ClN4/c14-11-8-16-2-1-10(11)7-12(15)13-9-17-3-5-18(13)6-4-17/h1-2,8,12-13H,3-7,9,15H2. The maximum absolute atomic E-state index is 6.39. The van der Waals surface area contributed by atoms with E-state index >= 15 is 0 Å². The summed E-state index contributed by atoms with van der Waals surface area (Å²) in [6.07, 6.45) is 4.31. The molecule has 1 aromatic rings. The van der Waals surface area contributed by atoms with Crippen molar-refractivity contribution >= 4 is 11.6 Å². The summed E-state index contributed by atoms with van der Waals surface area (Å²) in [5.74, 6) is 0. The highest BCUT2D eigenvalue weighted by atomic mass is 35.5. The van der Waals surface area contributed by atoms with E-state index in [0.717, 1.165) is 36.6 Å². The molecule has 0 aliphatic carbocycles. The lowest BCUT2D eigenvalue weighted by molar-refractivity contribution is 0.00259. The third kappa shape index (κ3) is 2.38. The van der Waals surface area contributed by atoms with Gasteiger partial charge in [-0.2, -0.15) is 0 Å². The van der Waals surface area contributed by atoms with Gasteiger partial charge >= 0.3 is 0 Å². The number of pyridine rings is 1. The second-order valence-electron chi connectivity index (χ2n) is 5.24. The molecule has 1 aromatic heterocycles. The number of nitrogens with two attached hydrogens (primary N) is 1. The van der Waals surface area contributed by atoms with Crippen LogP contribution in [0, 0.1) is 0 Å². The van der Waals surface area contributed by atoms with E-state index in [4.69, 9.17) is 17.3 Å². The van der Waals surface area contributed by atoms with E-state index in [0.29, 0.717) is 6.04 Å². The minimum Gasteiger partial charge on any atom is -0.326 e. The fourth-order valence-electron chi connectivity index (χ4n) is 3.02. The molecular weight excluding hydrogens is 248 g/mol. The fraction of sp³-hybridized carbons (Fsp3) is 0.615. The maximum atomic E-state index is 6.39. The first kappa shape index (κ1) is 12.4. The Hall–Kier alpha value is -0.680. The molecule has 2 bridgehead atoms.